The molecule has 0 saturated heterocycles. The fourth-order valence-corrected chi connectivity index (χ4v) is 2.71. The van der Waals surface area contributed by atoms with Crippen LogP contribution in [0.3, 0.4) is 0 Å². The number of carbonyl (C=O) groups is 3. The van der Waals surface area contributed by atoms with Gasteiger partial charge in [0.1, 0.15) is 37.9 Å². The van der Waals surface area contributed by atoms with Gasteiger partial charge in [-0.2, -0.15) is 0 Å². The highest BCUT2D eigenvalue weighted by molar-refractivity contribution is 5.89. The van der Waals surface area contributed by atoms with E-state index in [-0.39, 0.29) is 48.9 Å². The average molecular weight is 513 g/mol. The molecule has 0 aliphatic heterocycles. The number of carbonyl (C=O) groups excluding carboxylic acids is 3. The normalized spacial score (nSPS) is 10.2. The molecular formula is C28H29FO8. The molecule has 196 valence electrons. The summed E-state index contributed by atoms with van der Waals surface area (Å²) >= 11 is 0. The summed E-state index contributed by atoms with van der Waals surface area (Å²) < 4.78 is 41.2. The maximum absolute atomic E-state index is 14.7. The minimum atomic E-state index is -0.756. The molecule has 0 saturated carbocycles. The molecule has 0 fully saturated rings. The lowest BCUT2D eigenvalue weighted by atomic mass is 10.0. The lowest BCUT2D eigenvalue weighted by Crippen LogP contribution is -2.13. The van der Waals surface area contributed by atoms with E-state index in [9.17, 15) is 18.8 Å². The van der Waals surface area contributed by atoms with Gasteiger partial charge < -0.3 is 23.7 Å². The van der Waals surface area contributed by atoms with Crippen LogP contribution >= 0.6 is 0 Å². The zero-order valence-corrected chi connectivity index (χ0v) is 21.1. The van der Waals surface area contributed by atoms with Crippen molar-refractivity contribution >= 4 is 17.9 Å². The van der Waals surface area contributed by atoms with E-state index in [4.69, 9.17) is 23.7 Å². The summed E-state index contributed by atoms with van der Waals surface area (Å²) in [5.41, 5.74) is 1.61. The predicted molar refractivity (Wildman–Crippen MR) is 135 cm³/mol. The molecule has 9 heteroatoms. The molecule has 0 amide bonds. The van der Waals surface area contributed by atoms with Crippen LogP contribution in [0.25, 0.3) is 11.1 Å². The minimum Gasteiger partial charge on any atom is -0.490 e. The van der Waals surface area contributed by atoms with Crippen molar-refractivity contribution < 1.29 is 42.5 Å². The van der Waals surface area contributed by atoms with Gasteiger partial charge in [-0.25, -0.2) is 18.8 Å². The molecule has 0 aliphatic rings. The second-order valence-electron chi connectivity index (χ2n) is 8.00. The van der Waals surface area contributed by atoms with Gasteiger partial charge in [0.05, 0.1) is 0 Å². The number of halogens is 1. The van der Waals surface area contributed by atoms with Crippen LogP contribution in [0.1, 0.15) is 20.8 Å². The third-order valence-electron chi connectivity index (χ3n) is 4.60. The first-order valence-corrected chi connectivity index (χ1v) is 11.2. The monoisotopic (exact) mass is 512 g/mol. The molecule has 0 N–H and O–H groups in total. The molecule has 2 aromatic carbocycles. The van der Waals surface area contributed by atoms with Crippen molar-refractivity contribution in [2.75, 3.05) is 26.4 Å². The van der Waals surface area contributed by atoms with Gasteiger partial charge in [0.15, 0.2) is 11.6 Å². The fraction of sp³-hybridized carbons (Fsp3) is 0.250. The molecule has 2 rings (SSSR count). The standard InChI is InChI=1S/C28H29FO8/c1-17(2)26(30)35-13-11-33-21-8-9-22(25(16-21)34-12-14-36-27(31)18(3)4)20-7-10-24(23(29)15-20)37-28(32)19(5)6/h7-10,15-16H,1,3,5,11-14H2,2,4,6H3. The number of hydrogen-bond donors (Lipinski definition) is 0. The van der Waals surface area contributed by atoms with Crippen LogP contribution < -0.4 is 14.2 Å². The van der Waals surface area contributed by atoms with E-state index >= 15 is 0 Å². The minimum absolute atomic E-state index is 0.00247. The number of rotatable bonds is 13. The van der Waals surface area contributed by atoms with Crippen LogP contribution in [-0.4, -0.2) is 44.3 Å². The lowest BCUT2D eigenvalue weighted by Gasteiger charge is -2.15. The van der Waals surface area contributed by atoms with Crippen molar-refractivity contribution in [1.29, 1.82) is 0 Å². The molecule has 0 spiro atoms. The Morgan fingerprint density at radius 1 is 0.703 bits per heavy atom. The van der Waals surface area contributed by atoms with E-state index < -0.39 is 23.7 Å². The first-order chi connectivity index (χ1) is 17.5. The molecule has 2 aromatic rings. The van der Waals surface area contributed by atoms with Crippen molar-refractivity contribution in [1.82, 2.24) is 0 Å². The summed E-state index contributed by atoms with van der Waals surface area (Å²) in [5.74, 6) is -2.09. The number of benzene rings is 2. The topological polar surface area (TPSA) is 97.4 Å². The van der Waals surface area contributed by atoms with Gasteiger partial charge in [0.25, 0.3) is 0 Å². The second kappa shape index (κ2) is 13.6. The number of hydrogen-bond acceptors (Lipinski definition) is 8. The first kappa shape index (κ1) is 28.8. The largest absolute Gasteiger partial charge is 0.490 e. The summed E-state index contributed by atoms with van der Waals surface area (Å²) in [6, 6.07) is 8.94. The molecule has 0 unspecified atom stereocenters. The summed E-state index contributed by atoms with van der Waals surface area (Å²) in [6.07, 6.45) is 0. The van der Waals surface area contributed by atoms with E-state index in [0.717, 1.165) is 0 Å². The SMILES string of the molecule is C=C(C)C(=O)OCCOc1ccc(-c2ccc(OC(=O)C(=C)C)c(F)c2)c(OCCOC(=O)C(=C)C)c1. The highest BCUT2D eigenvalue weighted by Crippen LogP contribution is 2.35. The number of esters is 3. The summed E-state index contributed by atoms with van der Waals surface area (Å²) in [7, 11) is 0. The highest BCUT2D eigenvalue weighted by Gasteiger charge is 2.15. The Morgan fingerprint density at radius 2 is 1.27 bits per heavy atom. The molecule has 37 heavy (non-hydrogen) atoms. The smallest absolute Gasteiger partial charge is 0.338 e. The Hall–Kier alpha value is -4.40. The van der Waals surface area contributed by atoms with Gasteiger partial charge >= 0.3 is 17.9 Å². The van der Waals surface area contributed by atoms with E-state index in [1.54, 1.807) is 31.2 Å². The Bertz CT molecular complexity index is 1210. The molecule has 0 heterocycles. The zero-order chi connectivity index (χ0) is 27.5. The fourth-order valence-electron chi connectivity index (χ4n) is 2.71. The Balaban J connectivity index is 2.22. The van der Waals surface area contributed by atoms with Crippen LogP contribution in [0.5, 0.6) is 17.2 Å². The van der Waals surface area contributed by atoms with Gasteiger partial charge in [0, 0.05) is 28.3 Å². The molecule has 0 atom stereocenters. The zero-order valence-electron chi connectivity index (χ0n) is 21.1. The van der Waals surface area contributed by atoms with Crippen molar-refractivity contribution in [3.63, 3.8) is 0 Å². The van der Waals surface area contributed by atoms with Gasteiger partial charge in [-0.15, -0.1) is 0 Å². The third kappa shape index (κ3) is 8.96. The van der Waals surface area contributed by atoms with Crippen LogP contribution in [0.15, 0.2) is 72.9 Å². The summed E-state index contributed by atoms with van der Waals surface area (Å²) in [6.45, 7) is 15.1. The molecule has 0 radical (unpaired) electrons. The highest BCUT2D eigenvalue weighted by atomic mass is 19.1. The molecule has 0 aromatic heterocycles. The second-order valence-corrected chi connectivity index (χ2v) is 8.00. The Morgan fingerprint density at radius 3 is 1.81 bits per heavy atom. The maximum Gasteiger partial charge on any atom is 0.338 e. The Kier molecular flexibility index (Phi) is 10.6. The molecule has 8 nitrogen and oxygen atoms in total. The van der Waals surface area contributed by atoms with Gasteiger partial charge in [-0.3, -0.25) is 0 Å². The van der Waals surface area contributed by atoms with Gasteiger partial charge in [0.2, 0.25) is 0 Å². The third-order valence-corrected chi connectivity index (χ3v) is 4.60. The van der Waals surface area contributed by atoms with E-state index in [2.05, 4.69) is 19.7 Å². The molecule has 0 aliphatic carbocycles. The molecule has 0 bridgehead atoms. The van der Waals surface area contributed by atoms with Crippen LogP contribution in [0.2, 0.25) is 0 Å². The van der Waals surface area contributed by atoms with Gasteiger partial charge in [-0.05, 0) is 50.6 Å². The van der Waals surface area contributed by atoms with Crippen LogP contribution in [0, 0.1) is 5.82 Å². The summed E-state index contributed by atoms with van der Waals surface area (Å²) in [4.78, 5) is 34.8. The van der Waals surface area contributed by atoms with Crippen LogP contribution in [0.4, 0.5) is 4.39 Å². The van der Waals surface area contributed by atoms with Crippen molar-refractivity contribution in [3.8, 4) is 28.4 Å². The van der Waals surface area contributed by atoms with Crippen molar-refractivity contribution in [2.45, 2.75) is 20.8 Å². The number of ether oxygens (including phenoxy) is 5. The quantitative estimate of drug-likeness (QED) is 0.161. The lowest BCUT2D eigenvalue weighted by molar-refractivity contribution is -0.140. The predicted octanol–water partition coefficient (Wildman–Crippen LogP) is 4.97. The Labute approximate surface area is 214 Å². The van der Waals surface area contributed by atoms with Crippen molar-refractivity contribution in [3.05, 3.63) is 78.7 Å². The van der Waals surface area contributed by atoms with Crippen molar-refractivity contribution in [2.24, 2.45) is 0 Å². The van der Waals surface area contributed by atoms with Gasteiger partial charge in [-0.1, -0.05) is 25.8 Å². The summed E-state index contributed by atoms with van der Waals surface area (Å²) in [5, 5.41) is 0. The first-order valence-electron chi connectivity index (χ1n) is 11.2. The average Bonchev–Trinajstić information content (AvgIpc) is 2.85. The van der Waals surface area contributed by atoms with Crippen LogP contribution in [-0.2, 0) is 23.9 Å². The van der Waals surface area contributed by atoms with E-state index in [0.29, 0.717) is 22.6 Å². The van der Waals surface area contributed by atoms with E-state index in [1.807, 2.05) is 0 Å². The molecular weight excluding hydrogens is 483 g/mol. The maximum atomic E-state index is 14.7. The van der Waals surface area contributed by atoms with E-state index in [1.165, 1.54) is 26.0 Å².